The van der Waals surface area contributed by atoms with Gasteiger partial charge in [0.15, 0.2) is 0 Å². The van der Waals surface area contributed by atoms with E-state index in [2.05, 4.69) is 4.99 Å². The third-order valence-corrected chi connectivity index (χ3v) is 3.26. The van der Waals surface area contributed by atoms with Crippen molar-refractivity contribution in [1.29, 1.82) is 0 Å². The maximum absolute atomic E-state index is 10.4. The number of nitrogens with zero attached hydrogens (tertiary/aromatic N) is 1. The summed E-state index contributed by atoms with van der Waals surface area (Å²) in [4.78, 5) is 4.24. The lowest BCUT2D eigenvalue weighted by Gasteiger charge is -2.21. The zero-order valence-corrected chi connectivity index (χ0v) is 12.2. The van der Waals surface area contributed by atoms with Crippen molar-refractivity contribution >= 4 is 6.21 Å². The number of rotatable bonds is 5. The van der Waals surface area contributed by atoms with E-state index in [9.17, 15) is 10.2 Å². The average molecular weight is 285 g/mol. The van der Waals surface area contributed by atoms with Crippen LogP contribution in [0.3, 0.4) is 0 Å². The molecule has 1 atom stereocenters. The molecule has 0 aliphatic carbocycles. The Morgan fingerprint density at radius 1 is 1.19 bits per heavy atom. The number of hydrogen-bond donors (Lipinski definition) is 2. The monoisotopic (exact) mass is 285 g/mol. The molecule has 21 heavy (non-hydrogen) atoms. The minimum Gasteiger partial charge on any atom is -0.507 e. The van der Waals surface area contributed by atoms with Crippen molar-refractivity contribution in [3.8, 4) is 11.5 Å². The minimum absolute atomic E-state index is 0.124. The van der Waals surface area contributed by atoms with Crippen LogP contribution in [0.15, 0.2) is 53.5 Å². The zero-order valence-electron chi connectivity index (χ0n) is 12.2. The van der Waals surface area contributed by atoms with Crippen LogP contribution in [-0.4, -0.2) is 30.1 Å². The lowest BCUT2D eigenvalue weighted by Crippen LogP contribution is -2.24. The van der Waals surface area contributed by atoms with Gasteiger partial charge in [-0.1, -0.05) is 30.3 Å². The Bertz CT molecular complexity index is 621. The Morgan fingerprint density at radius 2 is 1.90 bits per heavy atom. The van der Waals surface area contributed by atoms with Gasteiger partial charge in [-0.2, -0.15) is 0 Å². The molecule has 0 aromatic heterocycles. The van der Waals surface area contributed by atoms with Gasteiger partial charge in [-0.3, -0.25) is 4.99 Å². The van der Waals surface area contributed by atoms with E-state index in [1.807, 2.05) is 30.3 Å². The van der Waals surface area contributed by atoms with E-state index >= 15 is 0 Å². The molecule has 2 N–H and O–H groups in total. The minimum atomic E-state index is -1.05. The molecule has 1 unspecified atom stereocenters. The second-order valence-corrected chi connectivity index (χ2v) is 5.03. The number of ether oxygens (including phenoxy) is 1. The van der Waals surface area contributed by atoms with Gasteiger partial charge >= 0.3 is 0 Å². The molecule has 2 aromatic carbocycles. The van der Waals surface area contributed by atoms with Crippen LogP contribution in [0.1, 0.15) is 18.1 Å². The molecule has 0 amide bonds. The number of aliphatic hydroxyl groups is 1. The maximum atomic E-state index is 10.4. The molecule has 0 aliphatic heterocycles. The lowest BCUT2D eigenvalue weighted by atomic mass is 9.96. The van der Waals surface area contributed by atoms with Crippen molar-refractivity contribution in [1.82, 2.24) is 0 Å². The first kappa shape index (κ1) is 15.1. The maximum Gasteiger partial charge on any atom is 0.124 e. The summed E-state index contributed by atoms with van der Waals surface area (Å²) in [6.45, 7) is 1.92. The first-order valence-electron chi connectivity index (χ1n) is 6.67. The highest BCUT2D eigenvalue weighted by Crippen LogP contribution is 2.23. The van der Waals surface area contributed by atoms with E-state index in [0.717, 1.165) is 5.56 Å². The number of hydrogen-bond acceptors (Lipinski definition) is 4. The fourth-order valence-corrected chi connectivity index (χ4v) is 1.97. The smallest absolute Gasteiger partial charge is 0.124 e. The third kappa shape index (κ3) is 3.83. The van der Waals surface area contributed by atoms with Gasteiger partial charge in [0.1, 0.15) is 17.1 Å². The van der Waals surface area contributed by atoms with E-state index in [1.165, 1.54) is 6.21 Å². The second-order valence-electron chi connectivity index (χ2n) is 5.03. The van der Waals surface area contributed by atoms with Gasteiger partial charge in [-0.05, 0) is 30.7 Å². The molecule has 110 valence electrons. The van der Waals surface area contributed by atoms with Crippen LogP contribution in [0.5, 0.6) is 11.5 Å². The summed E-state index contributed by atoms with van der Waals surface area (Å²) in [7, 11) is 1.56. The van der Waals surface area contributed by atoms with Crippen LogP contribution in [-0.2, 0) is 5.60 Å². The number of aromatic hydroxyl groups is 1. The van der Waals surface area contributed by atoms with Crippen LogP contribution >= 0.6 is 0 Å². The summed E-state index contributed by atoms with van der Waals surface area (Å²) in [5.74, 6) is 0.767. The summed E-state index contributed by atoms with van der Waals surface area (Å²) >= 11 is 0. The van der Waals surface area contributed by atoms with Gasteiger partial charge in [-0.15, -0.1) is 0 Å². The van der Waals surface area contributed by atoms with Crippen LogP contribution in [0, 0.1) is 0 Å². The van der Waals surface area contributed by atoms with E-state index in [1.54, 1.807) is 32.2 Å². The molecular formula is C17H19NO3. The summed E-state index contributed by atoms with van der Waals surface area (Å²) in [6, 6.07) is 14.3. The lowest BCUT2D eigenvalue weighted by molar-refractivity contribution is 0.0675. The Balaban J connectivity index is 2.12. The van der Waals surface area contributed by atoms with Gasteiger partial charge in [0, 0.05) is 11.8 Å². The molecule has 4 heteroatoms. The number of methoxy groups -OCH3 is 1. The summed E-state index contributed by atoms with van der Waals surface area (Å²) in [6.07, 6.45) is 1.54. The third-order valence-electron chi connectivity index (χ3n) is 3.26. The highest BCUT2D eigenvalue weighted by atomic mass is 16.5. The van der Waals surface area contributed by atoms with Gasteiger partial charge in [0.2, 0.25) is 0 Å². The van der Waals surface area contributed by atoms with E-state index in [-0.39, 0.29) is 12.3 Å². The molecule has 0 heterocycles. The van der Waals surface area contributed by atoms with Crippen molar-refractivity contribution in [2.45, 2.75) is 12.5 Å². The molecule has 2 rings (SSSR count). The fourth-order valence-electron chi connectivity index (χ4n) is 1.97. The first-order chi connectivity index (χ1) is 10.0. The highest BCUT2D eigenvalue weighted by molar-refractivity contribution is 5.84. The second kappa shape index (κ2) is 6.41. The SMILES string of the molecule is COc1ccc(O)c(C=NCC(C)(O)c2ccccc2)c1. The summed E-state index contributed by atoms with van der Waals surface area (Å²) < 4.78 is 5.10. The Labute approximate surface area is 124 Å². The standard InChI is InChI=1S/C17H19NO3/c1-17(20,14-6-4-3-5-7-14)12-18-11-13-10-15(21-2)8-9-16(13)19/h3-11,19-20H,12H2,1-2H3. The summed E-state index contributed by atoms with van der Waals surface area (Å²) in [5.41, 5.74) is 0.307. The molecule has 0 aliphatic rings. The van der Waals surface area contributed by atoms with E-state index < -0.39 is 5.60 Å². The molecule has 0 bridgehead atoms. The number of phenols is 1. The van der Waals surface area contributed by atoms with Crippen LogP contribution in [0.25, 0.3) is 0 Å². The topological polar surface area (TPSA) is 62.0 Å². The van der Waals surface area contributed by atoms with Crippen molar-refractivity contribution in [2.75, 3.05) is 13.7 Å². The normalized spacial score (nSPS) is 14.0. The molecule has 0 radical (unpaired) electrons. The largest absolute Gasteiger partial charge is 0.507 e. The number of phenolic OH excluding ortho intramolecular Hbond substituents is 1. The fraction of sp³-hybridized carbons (Fsp3) is 0.235. The van der Waals surface area contributed by atoms with Crippen molar-refractivity contribution in [3.05, 3.63) is 59.7 Å². The Hall–Kier alpha value is -2.33. The summed E-state index contributed by atoms with van der Waals surface area (Å²) in [5, 5.41) is 20.2. The van der Waals surface area contributed by atoms with Gasteiger partial charge in [-0.25, -0.2) is 0 Å². The molecule has 4 nitrogen and oxygen atoms in total. The molecular weight excluding hydrogens is 266 g/mol. The van der Waals surface area contributed by atoms with Gasteiger partial charge in [0.05, 0.1) is 13.7 Å². The van der Waals surface area contributed by atoms with Crippen LogP contribution in [0.4, 0.5) is 0 Å². The molecule has 0 saturated carbocycles. The molecule has 0 saturated heterocycles. The predicted octanol–water partition coefficient (Wildman–Crippen LogP) is 2.73. The number of aliphatic imine (C=N–C) groups is 1. The van der Waals surface area contributed by atoms with Crippen molar-refractivity contribution in [2.24, 2.45) is 4.99 Å². The number of benzene rings is 2. The molecule has 0 fully saturated rings. The van der Waals surface area contributed by atoms with Crippen molar-refractivity contribution in [3.63, 3.8) is 0 Å². The van der Waals surface area contributed by atoms with Gasteiger partial charge in [0.25, 0.3) is 0 Å². The van der Waals surface area contributed by atoms with Crippen molar-refractivity contribution < 1.29 is 14.9 Å². The zero-order chi connectivity index (χ0) is 15.3. The van der Waals surface area contributed by atoms with Crippen LogP contribution < -0.4 is 4.74 Å². The Kier molecular flexibility index (Phi) is 4.60. The highest BCUT2D eigenvalue weighted by Gasteiger charge is 2.21. The molecule has 2 aromatic rings. The predicted molar refractivity (Wildman–Crippen MR) is 83.1 cm³/mol. The quantitative estimate of drug-likeness (QED) is 0.830. The average Bonchev–Trinajstić information content (AvgIpc) is 2.50. The molecule has 0 spiro atoms. The van der Waals surface area contributed by atoms with E-state index in [0.29, 0.717) is 11.3 Å². The first-order valence-corrected chi connectivity index (χ1v) is 6.67. The van der Waals surface area contributed by atoms with E-state index in [4.69, 9.17) is 4.74 Å². The Morgan fingerprint density at radius 3 is 2.57 bits per heavy atom. The van der Waals surface area contributed by atoms with Gasteiger partial charge < -0.3 is 14.9 Å². The van der Waals surface area contributed by atoms with Crippen LogP contribution in [0.2, 0.25) is 0 Å².